The molecule has 38 heavy (non-hydrogen) atoms. The quantitative estimate of drug-likeness (QED) is 0.497. The first-order valence-corrected chi connectivity index (χ1v) is 13.9. The maximum absolute atomic E-state index is 5.89. The molecule has 2 aliphatic heterocycles. The fraction of sp³-hybridized carbons (Fsp3) is 0.467. The number of piperazine rings is 1. The molecule has 3 heterocycles. The van der Waals surface area contributed by atoms with Crippen LogP contribution in [-0.2, 0) is 6.54 Å². The smallest absolute Gasteiger partial charge is 0.150 e. The largest absolute Gasteiger partial charge is 0.497 e. The lowest BCUT2D eigenvalue weighted by Gasteiger charge is -2.45. The molecular formula is C30H38N6O2. The second kappa shape index (κ2) is 11.5. The number of anilines is 3. The van der Waals surface area contributed by atoms with Crippen LogP contribution in [-0.4, -0.2) is 73.6 Å². The zero-order chi connectivity index (χ0) is 25.7. The van der Waals surface area contributed by atoms with E-state index in [4.69, 9.17) is 9.47 Å². The van der Waals surface area contributed by atoms with E-state index < -0.39 is 0 Å². The molecule has 2 fully saturated rings. The van der Waals surface area contributed by atoms with Gasteiger partial charge in [0.2, 0.25) is 0 Å². The number of para-hydroxylation sites is 2. The van der Waals surface area contributed by atoms with Crippen LogP contribution >= 0.6 is 0 Å². The molecule has 2 aromatic carbocycles. The summed E-state index contributed by atoms with van der Waals surface area (Å²) in [4.78, 5) is 7.77. The zero-order valence-electron chi connectivity index (χ0n) is 22.3. The summed E-state index contributed by atoms with van der Waals surface area (Å²) in [5, 5.41) is 12.0. The number of hydrogen-bond donors (Lipinski definition) is 1. The molecule has 3 aromatic rings. The number of fused-ring (bicyclic) bond motifs is 1. The molecule has 0 atom stereocenters. The second-order valence-electron chi connectivity index (χ2n) is 10.5. The molecule has 1 aliphatic carbocycles. The van der Waals surface area contributed by atoms with E-state index >= 15 is 0 Å². The Balaban J connectivity index is 0.985. The van der Waals surface area contributed by atoms with Gasteiger partial charge >= 0.3 is 0 Å². The van der Waals surface area contributed by atoms with Crippen molar-refractivity contribution in [3.8, 4) is 11.5 Å². The van der Waals surface area contributed by atoms with Crippen LogP contribution in [0.25, 0.3) is 0 Å². The summed E-state index contributed by atoms with van der Waals surface area (Å²) in [6.07, 6.45) is 6.97. The molecule has 8 heteroatoms. The average Bonchev–Trinajstić information content (AvgIpc) is 3.00. The Morgan fingerprint density at radius 3 is 2.47 bits per heavy atom. The third kappa shape index (κ3) is 5.50. The van der Waals surface area contributed by atoms with Crippen molar-refractivity contribution >= 4 is 17.2 Å². The highest BCUT2D eigenvalue weighted by Crippen LogP contribution is 2.37. The summed E-state index contributed by atoms with van der Waals surface area (Å²) < 4.78 is 11.1. The van der Waals surface area contributed by atoms with Gasteiger partial charge in [0.1, 0.15) is 18.1 Å². The molecule has 0 amide bonds. The first-order chi connectivity index (χ1) is 18.8. The zero-order valence-corrected chi connectivity index (χ0v) is 22.3. The Morgan fingerprint density at radius 1 is 0.921 bits per heavy atom. The number of aromatic nitrogens is 2. The second-order valence-corrected chi connectivity index (χ2v) is 10.5. The van der Waals surface area contributed by atoms with E-state index in [0.29, 0.717) is 18.6 Å². The molecule has 0 unspecified atom stereocenters. The van der Waals surface area contributed by atoms with Gasteiger partial charge in [0.05, 0.1) is 31.2 Å². The van der Waals surface area contributed by atoms with Crippen LogP contribution < -0.4 is 24.6 Å². The van der Waals surface area contributed by atoms with Crippen molar-refractivity contribution in [3.05, 3.63) is 66.4 Å². The normalized spacial score (nSPS) is 21.9. The third-order valence-corrected chi connectivity index (χ3v) is 8.34. The van der Waals surface area contributed by atoms with Crippen LogP contribution in [0.5, 0.6) is 11.5 Å². The molecule has 8 nitrogen and oxygen atoms in total. The Labute approximate surface area is 225 Å². The molecule has 0 bridgehead atoms. The third-order valence-electron chi connectivity index (χ3n) is 8.34. The van der Waals surface area contributed by atoms with Crippen LogP contribution in [0.15, 0.2) is 60.8 Å². The molecule has 0 radical (unpaired) electrons. The summed E-state index contributed by atoms with van der Waals surface area (Å²) >= 11 is 0. The first kappa shape index (κ1) is 24.8. The summed E-state index contributed by atoms with van der Waals surface area (Å²) in [5.74, 6) is 2.72. The highest BCUT2D eigenvalue weighted by atomic mass is 16.5. The van der Waals surface area contributed by atoms with Crippen LogP contribution in [0.1, 0.15) is 31.2 Å². The molecule has 1 N–H and O–H groups in total. The average molecular weight is 515 g/mol. The van der Waals surface area contributed by atoms with Gasteiger partial charge in [0, 0.05) is 50.9 Å². The van der Waals surface area contributed by atoms with E-state index in [-0.39, 0.29) is 0 Å². The highest BCUT2D eigenvalue weighted by Gasteiger charge is 2.32. The Morgan fingerprint density at radius 2 is 1.68 bits per heavy atom. The van der Waals surface area contributed by atoms with Crippen molar-refractivity contribution in [2.24, 2.45) is 0 Å². The van der Waals surface area contributed by atoms with E-state index in [1.54, 1.807) is 7.11 Å². The summed E-state index contributed by atoms with van der Waals surface area (Å²) in [7, 11) is 1.69. The fourth-order valence-electron chi connectivity index (χ4n) is 6.20. The van der Waals surface area contributed by atoms with E-state index in [1.807, 2.05) is 18.3 Å². The molecule has 1 saturated carbocycles. The maximum Gasteiger partial charge on any atom is 0.150 e. The van der Waals surface area contributed by atoms with E-state index in [2.05, 4.69) is 72.7 Å². The summed E-state index contributed by atoms with van der Waals surface area (Å²) in [5.41, 5.74) is 3.60. The minimum atomic E-state index is 0.629. The van der Waals surface area contributed by atoms with Gasteiger partial charge in [-0.3, -0.25) is 4.90 Å². The van der Waals surface area contributed by atoms with Gasteiger partial charge < -0.3 is 24.6 Å². The molecule has 200 valence electrons. The Bertz CT molecular complexity index is 1190. The highest BCUT2D eigenvalue weighted by molar-refractivity contribution is 5.60. The minimum absolute atomic E-state index is 0.629. The van der Waals surface area contributed by atoms with Crippen LogP contribution in [0.2, 0.25) is 0 Å². The number of ether oxygens (including phenoxy) is 2. The standard InChI is InChI=1S/C30H38N6O2/c1-37-27-12-6-23(7-13-27)21-31-30-20-26(22-32-33-30)35-16-14-34(15-17-35)24-8-10-25(11-9-24)36-18-19-38-29-5-3-2-4-28(29)36/h2-7,12-13,20,22,24-25H,8-11,14-19,21H2,1H3,(H,31,33)/t24-,25+. The lowest BCUT2D eigenvalue weighted by Crippen LogP contribution is -2.53. The van der Waals surface area contributed by atoms with Crippen molar-refractivity contribution in [2.75, 3.05) is 61.6 Å². The van der Waals surface area contributed by atoms with Crippen molar-refractivity contribution in [3.63, 3.8) is 0 Å². The van der Waals surface area contributed by atoms with Crippen molar-refractivity contribution < 1.29 is 9.47 Å². The van der Waals surface area contributed by atoms with Gasteiger partial charge in [-0.15, -0.1) is 5.10 Å². The Hall–Kier alpha value is -3.52. The SMILES string of the molecule is COc1ccc(CNc2cc(N3CCN([C@H]4CC[C@@H](N5CCOc6ccccc65)CC4)CC3)cnn2)cc1. The minimum Gasteiger partial charge on any atom is -0.497 e. The van der Waals surface area contributed by atoms with Crippen molar-refractivity contribution in [2.45, 2.75) is 44.3 Å². The predicted octanol–water partition coefficient (Wildman–Crippen LogP) is 4.43. The lowest BCUT2D eigenvalue weighted by atomic mass is 9.88. The van der Waals surface area contributed by atoms with Crippen molar-refractivity contribution in [1.82, 2.24) is 15.1 Å². The topological polar surface area (TPSA) is 66.0 Å². The lowest BCUT2D eigenvalue weighted by molar-refractivity contribution is 0.139. The molecule has 1 aromatic heterocycles. The number of nitrogens with one attached hydrogen (secondary N) is 1. The molecule has 1 saturated heterocycles. The van der Waals surface area contributed by atoms with Crippen LogP contribution in [0.4, 0.5) is 17.2 Å². The molecule has 0 spiro atoms. The van der Waals surface area contributed by atoms with Gasteiger partial charge in [-0.1, -0.05) is 24.3 Å². The van der Waals surface area contributed by atoms with Gasteiger partial charge in [-0.2, -0.15) is 5.10 Å². The van der Waals surface area contributed by atoms with Gasteiger partial charge in [0.25, 0.3) is 0 Å². The summed E-state index contributed by atoms with van der Waals surface area (Å²) in [6.45, 7) is 6.76. The number of nitrogens with zero attached hydrogens (tertiary/aromatic N) is 5. The number of benzene rings is 2. The van der Waals surface area contributed by atoms with Crippen LogP contribution in [0, 0.1) is 0 Å². The van der Waals surface area contributed by atoms with E-state index in [1.165, 1.54) is 36.9 Å². The predicted molar refractivity (Wildman–Crippen MR) is 151 cm³/mol. The van der Waals surface area contributed by atoms with E-state index in [0.717, 1.165) is 62.3 Å². The van der Waals surface area contributed by atoms with E-state index in [9.17, 15) is 0 Å². The first-order valence-electron chi connectivity index (χ1n) is 13.9. The van der Waals surface area contributed by atoms with Crippen molar-refractivity contribution in [1.29, 1.82) is 0 Å². The van der Waals surface area contributed by atoms with Gasteiger partial charge in [-0.05, 0) is 55.5 Å². The van der Waals surface area contributed by atoms with Gasteiger partial charge in [0.15, 0.2) is 5.82 Å². The van der Waals surface area contributed by atoms with Crippen LogP contribution in [0.3, 0.4) is 0 Å². The molecule has 3 aliphatic rings. The number of rotatable bonds is 7. The van der Waals surface area contributed by atoms with Gasteiger partial charge in [-0.25, -0.2) is 0 Å². The monoisotopic (exact) mass is 514 g/mol. The summed E-state index contributed by atoms with van der Waals surface area (Å²) in [6, 6.07) is 20.1. The number of methoxy groups -OCH3 is 1. The fourth-order valence-corrected chi connectivity index (χ4v) is 6.20. The Kier molecular flexibility index (Phi) is 7.49. The maximum atomic E-state index is 5.89. The molecular weight excluding hydrogens is 476 g/mol. The number of hydrogen-bond acceptors (Lipinski definition) is 8. The molecule has 6 rings (SSSR count).